The van der Waals surface area contributed by atoms with Crippen molar-refractivity contribution in [2.45, 2.75) is 26.5 Å². The maximum absolute atomic E-state index is 12.2. The molecule has 0 saturated carbocycles. The molecule has 2 aromatic heterocycles. The number of amides is 1. The number of aromatic nitrogens is 3. The first-order valence-electron chi connectivity index (χ1n) is 7.88. The lowest BCUT2D eigenvalue weighted by atomic mass is 10.1. The maximum Gasteiger partial charge on any atom is 0.349 e. The summed E-state index contributed by atoms with van der Waals surface area (Å²) in [5, 5.41) is 10.7. The van der Waals surface area contributed by atoms with Gasteiger partial charge in [0.15, 0.2) is 0 Å². The predicted molar refractivity (Wildman–Crippen MR) is 90.6 cm³/mol. The summed E-state index contributed by atoms with van der Waals surface area (Å²) >= 11 is 0. The second-order valence-corrected chi connectivity index (χ2v) is 5.77. The highest BCUT2D eigenvalue weighted by Gasteiger charge is 2.14. The molecule has 2 heterocycles. The van der Waals surface area contributed by atoms with Gasteiger partial charge in [-0.05, 0) is 32.0 Å². The Labute approximate surface area is 143 Å². The van der Waals surface area contributed by atoms with Crippen LogP contribution in [0.2, 0.25) is 0 Å². The number of nitrogens with one attached hydrogen (secondary N) is 1. The molecule has 3 rings (SSSR count). The molecule has 0 aliphatic rings. The van der Waals surface area contributed by atoms with Crippen LogP contribution in [0, 0.1) is 0 Å². The van der Waals surface area contributed by atoms with Gasteiger partial charge in [-0.15, -0.1) is 10.2 Å². The Kier molecular flexibility index (Phi) is 4.78. The molecule has 25 heavy (non-hydrogen) atoms. The van der Waals surface area contributed by atoms with Crippen LogP contribution in [0.3, 0.4) is 0 Å². The molecular formula is C17H18N4O4. The first-order chi connectivity index (χ1) is 12.0. The number of nitrogens with zero attached hydrogens (tertiary/aromatic N) is 3. The van der Waals surface area contributed by atoms with E-state index in [9.17, 15) is 9.59 Å². The van der Waals surface area contributed by atoms with Gasteiger partial charge >= 0.3 is 5.63 Å². The summed E-state index contributed by atoms with van der Waals surface area (Å²) in [5.41, 5.74) is -0.339. The topological polar surface area (TPSA) is 99.2 Å². The van der Waals surface area contributed by atoms with E-state index in [1.807, 2.05) is 13.8 Å². The number of ether oxygens (including phenoxy) is 1. The average Bonchev–Trinajstić information content (AvgIpc) is 3.06. The van der Waals surface area contributed by atoms with E-state index < -0.39 is 11.5 Å². The molecule has 0 fully saturated rings. The van der Waals surface area contributed by atoms with Gasteiger partial charge in [0.1, 0.15) is 29.6 Å². The van der Waals surface area contributed by atoms with E-state index in [-0.39, 0.29) is 11.7 Å². The molecule has 130 valence electrons. The van der Waals surface area contributed by atoms with Gasteiger partial charge < -0.3 is 19.0 Å². The van der Waals surface area contributed by atoms with Crippen molar-refractivity contribution in [3.63, 3.8) is 0 Å². The van der Waals surface area contributed by atoms with Crippen LogP contribution in [-0.4, -0.2) is 33.3 Å². The zero-order valence-electron chi connectivity index (χ0n) is 13.9. The van der Waals surface area contributed by atoms with Crippen LogP contribution in [0.1, 0.15) is 24.2 Å². The van der Waals surface area contributed by atoms with E-state index in [1.54, 1.807) is 35.4 Å². The molecule has 0 radical (unpaired) electrons. The largest absolute Gasteiger partial charge is 0.491 e. The number of fused-ring (bicyclic) bond motifs is 1. The third-order valence-corrected chi connectivity index (χ3v) is 3.45. The highest BCUT2D eigenvalue weighted by molar-refractivity contribution is 5.96. The minimum atomic E-state index is -0.684. The average molecular weight is 342 g/mol. The molecule has 8 nitrogen and oxygen atoms in total. The van der Waals surface area contributed by atoms with Gasteiger partial charge in [0, 0.05) is 24.5 Å². The molecule has 0 bridgehead atoms. The van der Waals surface area contributed by atoms with Gasteiger partial charge in [-0.2, -0.15) is 0 Å². The van der Waals surface area contributed by atoms with Crippen LogP contribution in [-0.2, 0) is 6.54 Å². The number of hydrogen-bond donors (Lipinski definition) is 1. The molecular weight excluding hydrogens is 324 g/mol. The van der Waals surface area contributed by atoms with E-state index in [2.05, 4.69) is 15.5 Å². The SMILES string of the molecule is CC(C)Oc1ccc2cc(C(=O)NCCn3cnnc3)c(=O)oc2c1. The zero-order chi connectivity index (χ0) is 17.8. The fourth-order valence-corrected chi connectivity index (χ4v) is 2.33. The summed E-state index contributed by atoms with van der Waals surface area (Å²) in [7, 11) is 0. The Bertz CT molecular complexity index is 931. The number of hydrogen-bond acceptors (Lipinski definition) is 6. The smallest absolute Gasteiger partial charge is 0.349 e. The van der Waals surface area contributed by atoms with Crippen molar-refractivity contribution in [1.29, 1.82) is 0 Å². The Morgan fingerprint density at radius 2 is 2.04 bits per heavy atom. The normalized spacial score (nSPS) is 11.0. The lowest BCUT2D eigenvalue weighted by molar-refractivity contribution is 0.0949. The summed E-state index contributed by atoms with van der Waals surface area (Å²) in [6.07, 6.45) is 3.11. The Balaban J connectivity index is 1.75. The van der Waals surface area contributed by atoms with Crippen molar-refractivity contribution >= 4 is 16.9 Å². The lowest BCUT2D eigenvalue weighted by Gasteiger charge is -2.10. The first-order valence-corrected chi connectivity index (χ1v) is 7.88. The van der Waals surface area contributed by atoms with Gasteiger partial charge in [0.05, 0.1) is 6.10 Å². The molecule has 1 N–H and O–H groups in total. The molecule has 0 aliphatic carbocycles. The number of carbonyl (C=O) groups excluding carboxylic acids is 1. The van der Waals surface area contributed by atoms with Gasteiger partial charge in [-0.25, -0.2) is 4.79 Å². The van der Waals surface area contributed by atoms with Crippen LogP contribution < -0.4 is 15.7 Å². The lowest BCUT2D eigenvalue weighted by Crippen LogP contribution is -2.30. The van der Waals surface area contributed by atoms with E-state index >= 15 is 0 Å². The van der Waals surface area contributed by atoms with Crippen molar-refractivity contribution in [2.24, 2.45) is 0 Å². The van der Waals surface area contributed by atoms with Gasteiger partial charge in [-0.1, -0.05) is 0 Å². The molecule has 0 unspecified atom stereocenters. The van der Waals surface area contributed by atoms with Crippen molar-refractivity contribution in [2.75, 3.05) is 6.54 Å². The van der Waals surface area contributed by atoms with Gasteiger partial charge in [0.25, 0.3) is 5.91 Å². The van der Waals surface area contributed by atoms with Gasteiger partial charge in [0.2, 0.25) is 0 Å². The highest BCUT2D eigenvalue weighted by Crippen LogP contribution is 2.21. The molecule has 0 atom stereocenters. The molecule has 8 heteroatoms. The summed E-state index contributed by atoms with van der Waals surface area (Å²) in [6, 6.07) is 6.69. The maximum atomic E-state index is 12.2. The van der Waals surface area contributed by atoms with Crippen LogP contribution >= 0.6 is 0 Å². The molecule has 1 amide bonds. The van der Waals surface area contributed by atoms with Crippen LogP contribution in [0.15, 0.2) is 46.1 Å². The third-order valence-electron chi connectivity index (χ3n) is 3.45. The molecule has 3 aromatic rings. The van der Waals surface area contributed by atoms with Crippen molar-refractivity contribution < 1.29 is 13.9 Å². The number of benzene rings is 1. The standard InChI is InChI=1S/C17H18N4O4/c1-11(2)24-13-4-3-12-7-14(17(23)25-15(12)8-13)16(22)18-5-6-21-9-19-20-10-21/h3-4,7-11H,5-6H2,1-2H3,(H,18,22). The summed E-state index contributed by atoms with van der Waals surface area (Å²) < 4.78 is 12.6. The Morgan fingerprint density at radius 3 is 2.76 bits per heavy atom. The Morgan fingerprint density at radius 1 is 1.28 bits per heavy atom. The van der Waals surface area contributed by atoms with E-state index in [1.165, 1.54) is 6.07 Å². The van der Waals surface area contributed by atoms with E-state index in [0.29, 0.717) is 29.8 Å². The summed E-state index contributed by atoms with van der Waals surface area (Å²) in [5.74, 6) is 0.128. The Hall–Kier alpha value is -3.16. The van der Waals surface area contributed by atoms with Crippen LogP contribution in [0.5, 0.6) is 5.75 Å². The molecule has 0 spiro atoms. The fraction of sp³-hybridized carbons (Fsp3) is 0.294. The molecule has 0 aliphatic heterocycles. The second-order valence-electron chi connectivity index (χ2n) is 5.77. The number of carbonyl (C=O) groups is 1. The number of rotatable bonds is 6. The minimum absolute atomic E-state index is 0.0138. The fourth-order valence-electron chi connectivity index (χ4n) is 2.33. The van der Waals surface area contributed by atoms with Crippen molar-refractivity contribution in [1.82, 2.24) is 20.1 Å². The second kappa shape index (κ2) is 7.16. The van der Waals surface area contributed by atoms with E-state index in [4.69, 9.17) is 9.15 Å². The highest BCUT2D eigenvalue weighted by atomic mass is 16.5. The quantitative estimate of drug-likeness (QED) is 0.683. The van der Waals surface area contributed by atoms with E-state index in [0.717, 1.165) is 0 Å². The van der Waals surface area contributed by atoms with Gasteiger partial charge in [-0.3, -0.25) is 4.79 Å². The first kappa shape index (κ1) is 16.7. The summed E-state index contributed by atoms with van der Waals surface area (Å²) in [6.45, 7) is 4.67. The zero-order valence-corrected chi connectivity index (χ0v) is 13.9. The third kappa shape index (κ3) is 4.03. The van der Waals surface area contributed by atoms with Crippen molar-refractivity contribution in [3.8, 4) is 5.75 Å². The molecule has 1 aromatic carbocycles. The monoisotopic (exact) mass is 342 g/mol. The minimum Gasteiger partial charge on any atom is -0.491 e. The van der Waals surface area contributed by atoms with Crippen LogP contribution in [0.4, 0.5) is 0 Å². The molecule has 0 saturated heterocycles. The summed E-state index contributed by atoms with van der Waals surface area (Å²) in [4.78, 5) is 24.3. The van der Waals surface area contributed by atoms with Crippen LogP contribution in [0.25, 0.3) is 11.0 Å². The van der Waals surface area contributed by atoms with Crippen molar-refractivity contribution in [3.05, 3.63) is 52.9 Å². The predicted octanol–water partition coefficient (Wildman–Crippen LogP) is 1.60.